The Bertz CT molecular complexity index is 1080. The number of hydrogen-bond donors (Lipinski definition) is 0. The third-order valence-electron chi connectivity index (χ3n) is 11.1. The van der Waals surface area contributed by atoms with Gasteiger partial charge in [-0.3, -0.25) is 9.48 Å². The minimum Gasteiger partial charge on any atom is -0.297 e. The highest BCUT2D eigenvalue weighted by Crippen LogP contribution is 2.67. The number of carbonyl (C=O) groups is 1. The molecule has 0 amide bonds. The quantitative estimate of drug-likeness (QED) is 0.503. The number of rotatable bonds is 3. The van der Waals surface area contributed by atoms with Crippen molar-refractivity contribution < 1.29 is 9.18 Å². The Morgan fingerprint density at radius 2 is 1.85 bits per heavy atom. The number of fused-ring (bicyclic) bond motifs is 6. The second-order valence-electron chi connectivity index (χ2n) is 12.7. The minimum absolute atomic E-state index is 0.141. The van der Waals surface area contributed by atoms with Gasteiger partial charge in [-0.2, -0.15) is 5.10 Å². The molecule has 178 valence electrons. The second-order valence-corrected chi connectivity index (χ2v) is 12.7. The van der Waals surface area contributed by atoms with Gasteiger partial charge in [0, 0.05) is 17.5 Å². The normalized spacial score (nSPS) is 42.5. The van der Waals surface area contributed by atoms with E-state index in [4.69, 9.17) is 0 Å². The van der Waals surface area contributed by atoms with Crippen LogP contribution in [-0.4, -0.2) is 15.6 Å². The van der Waals surface area contributed by atoms with Crippen LogP contribution in [0.1, 0.15) is 78.6 Å². The van der Waals surface area contributed by atoms with Gasteiger partial charge in [0.25, 0.3) is 0 Å². The molecule has 1 aromatic carbocycles. The molecule has 4 saturated carbocycles. The lowest BCUT2D eigenvalue weighted by atomic mass is 9.44. The van der Waals surface area contributed by atoms with Gasteiger partial charge in [0.1, 0.15) is 5.82 Å². The van der Waals surface area contributed by atoms with Crippen LogP contribution >= 0.6 is 0 Å². The van der Waals surface area contributed by atoms with Crippen LogP contribution in [0.25, 0.3) is 10.9 Å². The van der Waals surface area contributed by atoms with Crippen LogP contribution in [0.3, 0.4) is 0 Å². The molecule has 8 atom stereocenters. The third-order valence-corrected chi connectivity index (χ3v) is 11.1. The third kappa shape index (κ3) is 3.33. The lowest BCUT2D eigenvalue weighted by molar-refractivity contribution is -0.137. The highest BCUT2D eigenvalue weighted by molar-refractivity contribution is 5.83. The number of hydrogen-bond acceptors (Lipinski definition) is 2. The van der Waals surface area contributed by atoms with Crippen LogP contribution in [0.5, 0.6) is 0 Å². The SMILES string of the molecule is CC1CCC2(C)C(CCC3C2CCC2(C)C(C(=O)Cn4cc5cc(F)ccc5n4)CCC32)C1. The Kier molecular flexibility index (Phi) is 5.05. The van der Waals surface area contributed by atoms with Crippen molar-refractivity contribution in [2.45, 2.75) is 85.1 Å². The molecular weight excluding hydrogens is 411 g/mol. The first kappa shape index (κ1) is 21.8. The molecule has 0 radical (unpaired) electrons. The largest absolute Gasteiger partial charge is 0.297 e. The summed E-state index contributed by atoms with van der Waals surface area (Å²) in [5.74, 6) is 4.41. The first-order valence-electron chi connectivity index (χ1n) is 13.4. The van der Waals surface area contributed by atoms with Crippen molar-refractivity contribution in [3.8, 4) is 0 Å². The number of carbonyl (C=O) groups excluding carboxylic acids is 1. The smallest absolute Gasteiger partial charge is 0.157 e. The van der Waals surface area contributed by atoms with E-state index in [1.165, 1.54) is 63.5 Å². The van der Waals surface area contributed by atoms with Crippen LogP contribution in [0, 0.1) is 52.2 Å². The second kappa shape index (κ2) is 7.65. The predicted molar refractivity (Wildman–Crippen MR) is 129 cm³/mol. The molecule has 4 heteroatoms. The summed E-state index contributed by atoms with van der Waals surface area (Å²) in [6.07, 6.45) is 13.7. The van der Waals surface area contributed by atoms with Crippen LogP contribution in [0.4, 0.5) is 4.39 Å². The number of halogens is 1. The summed E-state index contributed by atoms with van der Waals surface area (Å²) in [6.45, 7) is 7.84. The maximum Gasteiger partial charge on any atom is 0.157 e. The van der Waals surface area contributed by atoms with Gasteiger partial charge in [-0.15, -0.1) is 0 Å². The maximum atomic E-state index is 13.6. The van der Waals surface area contributed by atoms with Gasteiger partial charge in [0.15, 0.2) is 5.78 Å². The summed E-state index contributed by atoms with van der Waals surface area (Å²) < 4.78 is 15.3. The van der Waals surface area contributed by atoms with E-state index in [1.54, 1.807) is 10.7 Å². The van der Waals surface area contributed by atoms with E-state index >= 15 is 0 Å². The molecule has 0 aliphatic heterocycles. The van der Waals surface area contributed by atoms with Crippen LogP contribution in [0.2, 0.25) is 0 Å². The van der Waals surface area contributed by atoms with Gasteiger partial charge in [-0.25, -0.2) is 4.39 Å². The van der Waals surface area contributed by atoms with Gasteiger partial charge >= 0.3 is 0 Å². The molecule has 4 fully saturated rings. The molecule has 4 aliphatic rings. The number of Topliss-reactive ketones (excluding diaryl/α,β-unsaturated/α-hetero) is 1. The monoisotopic (exact) mass is 450 g/mol. The first-order chi connectivity index (χ1) is 15.8. The zero-order chi connectivity index (χ0) is 23.0. The van der Waals surface area contributed by atoms with Gasteiger partial charge in [0.2, 0.25) is 0 Å². The zero-order valence-corrected chi connectivity index (χ0v) is 20.5. The summed E-state index contributed by atoms with van der Waals surface area (Å²) >= 11 is 0. The topological polar surface area (TPSA) is 34.9 Å². The van der Waals surface area contributed by atoms with Gasteiger partial charge in [0.05, 0.1) is 12.1 Å². The van der Waals surface area contributed by atoms with Gasteiger partial charge in [-0.1, -0.05) is 27.2 Å². The van der Waals surface area contributed by atoms with Gasteiger partial charge < -0.3 is 0 Å². The Labute approximate surface area is 197 Å². The molecular formula is C29H39FN2O. The van der Waals surface area contributed by atoms with Crippen molar-refractivity contribution in [3.63, 3.8) is 0 Å². The molecule has 0 bridgehead atoms. The van der Waals surface area contributed by atoms with Crippen molar-refractivity contribution in [2.24, 2.45) is 46.3 Å². The van der Waals surface area contributed by atoms with Crippen molar-refractivity contribution in [1.82, 2.24) is 9.78 Å². The molecule has 8 unspecified atom stereocenters. The Morgan fingerprint density at radius 3 is 2.70 bits per heavy atom. The maximum absolute atomic E-state index is 13.6. The first-order valence-corrected chi connectivity index (χ1v) is 13.4. The lowest BCUT2D eigenvalue weighted by Crippen LogP contribution is -2.53. The van der Waals surface area contributed by atoms with Crippen molar-refractivity contribution in [3.05, 3.63) is 30.2 Å². The van der Waals surface area contributed by atoms with E-state index in [0.29, 0.717) is 23.7 Å². The standard InChI is InChI=1S/C29H39FN2O/c1-18-10-12-28(2)20(14-18)4-6-22-23-7-8-25(29(23,3)13-11-24(22)28)27(33)17-32-16-19-15-21(30)5-9-26(19)31-32/h5,9,15-16,18,20,22-25H,4,6-8,10-14,17H2,1-3H3. The minimum atomic E-state index is -0.257. The average Bonchev–Trinajstić information content (AvgIpc) is 3.33. The molecule has 4 aliphatic carbocycles. The van der Waals surface area contributed by atoms with Crippen molar-refractivity contribution in [1.29, 1.82) is 0 Å². The van der Waals surface area contributed by atoms with E-state index in [2.05, 4.69) is 25.9 Å². The fraction of sp³-hybridized carbons (Fsp3) is 0.724. The highest BCUT2D eigenvalue weighted by Gasteiger charge is 2.60. The van der Waals surface area contributed by atoms with Crippen molar-refractivity contribution in [2.75, 3.05) is 0 Å². The van der Waals surface area contributed by atoms with Crippen LogP contribution in [0.15, 0.2) is 24.4 Å². The van der Waals surface area contributed by atoms with Crippen LogP contribution < -0.4 is 0 Å². The summed E-state index contributed by atoms with van der Waals surface area (Å²) in [7, 11) is 0. The fourth-order valence-corrected chi connectivity index (χ4v) is 9.40. The Hall–Kier alpha value is -1.71. The van der Waals surface area contributed by atoms with E-state index < -0.39 is 0 Å². The number of nitrogens with zero attached hydrogens (tertiary/aromatic N) is 2. The Morgan fingerprint density at radius 1 is 1.06 bits per heavy atom. The predicted octanol–water partition coefficient (Wildman–Crippen LogP) is 7.04. The number of benzene rings is 1. The molecule has 6 rings (SSSR count). The molecule has 0 saturated heterocycles. The summed E-state index contributed by atoms with van der Waals surface area (Å²) in [4.78, 5) is 13.6. The zero-order valence-electron chi connectivity index (χ0n) is 20.5. The summed E-state index contributed by atoms with van der Waals surface area (Å²) in [5.41, 5.74) is 1.43. The van der Waals surface area contributed by atoms with E-state index in [-0.39, 0.29) is 17.2 Å². The highest BCUT2D eigenvalue weighted by atomic mass is 19.1. The lowest BCUT2D eigenvalue weighted by Gasteiger charge is -2.61. The molecule has 2 aromatic rings. The molecule has 1 heterocycles. The number of ketones is 1. The molecule has 1 aromatic heterocycles. The van der Waals surface area contributed by atoms with E-state index in [1.807, 2.05) is 6.20 Å². The molecule has 0 spiro atoms. The van der Waals surface area contributed by atoms with Crippen LogP contribution in [-0.2, 0) is 11.3 Å². The van der Waals surface area contributed by atoms with Crippen molar-refractivity contribution >= 4 is 16.7 Å². The van der Waals surface area contributed by atoms with Gasteiger partial charge in [-0.05, 0) is 110 Å². The average molecular weight is 451 g/mol. The Balaban J connectivity index is 1.21. The number of aromatic nitrogens is 2. The fourth-order valence-electron chi connectivity index (χ4n) is 9.40. The summed E-state index contributed by atoms with van der Waals surface area (Å²) in [5, 5.41) is 5.32. The molecule has 0 N–H and O–H groups in total. The van der Waals surface area contributed by atoms with E-state index in [9.17, 15) is 9.18 Å². The van der Waals surface area contributed by atoms with E-state index in [0.717, 1.165) is 41.0 Å². The summed E-state index contributed by atoms with van der Waals surface area (Å²) in [6, 6.07) is 4.63. The molecule has 3 nitrogen and oxygen atoms in total. The molecule has 33 heavy (non-hydrogen) atoms.